The predicted molar refractivity (Wildman–Crippen MR) is 116 cm³/mol. The van der Waals surface area contributed by atoms with Gasteiger partial charge in [0.15, 0.2) is 5.96 Å². The molecule has 2 N–H and O–H groups in total. The van der Waals surface area contributed by atoms with Gasteiger partial charge in [-0.3, -0.25) is 9.89 Å². The summed E-state index contributed by atoms with van der Waals surface area (Å²) in [6.07, 6.45) is 0.520. The van der Waals surface area contributed by atoms with E-state index in [4.69, 9.17) is 9.73 Å². The standard InChI is InChI=1S/C19H30F2N4O.HI/c1-4-22-18(23-6-5-15-11-16(20)13-17(21)12-15)24-14-19(2,3)25-7-9-26-10-8-25;/h11-13H,4-10,14H2,1-3H3,(H2,22,23,24);1H. The molecule has 27 heavy (non-hydrogen) atoms. The summed E-state index contributed by atoms with van der Waals surface area (Å²) >= 11 is 0. The lowest BCUT2D eigenvalue weighted by atomic mass is 10.0. The maximum Gasteiger partial charge on any atom is 0.191 e. The van der Waals surface area contributed by atoms with Gasteiger partial charge >= 0.3 is 0 Å². The van der Waals surface area contributed by atoms with Crippen LogP contribution in [0.3, 0.4) is 0 Å². The number of nitrogens with zero attached hydrogens (tertiary/aromatic N) is 2. The number of aliphatic imine (C=N–C) groups is 1. The Morgan fingerprint density at radius 2 is 1.78 bits per heavy atom. The van der Waals surface area contributed by atoms with Crippen LogP contribution in [0.1, 0.15) is 26.3 Å². The van der Waals surface area contributed by atoms with Crippen LogP contribution in [0.15, 0.2) is 23.2 Å². The lowest BCUT2D eigenvalue weighted by Crippen LogP contribution is -2.52. The molecule has 0 saturated carbocycles. The number of benzene rings is 1. The van der Waals surface area contributed by atoms with Crippen molar-refractivity contribution in [2.75, 3.05) is 45.9 Å². The van der Waals surface area contributed by atoms with Gasteiger partial charge in [0.25, 0.3) is 0 Å². The van der Waals surface area contributed by atoms with Gasteiger partial charge in [-0.1, -0.05) is 0 Å². The van der Waals surface area contributed by atoms with Crippen LogP contribution < -0.4 is 10.6 Å². The molecule has 1 aliphatic rings. The zero-order valence-electron chi connectivity index (χ0n) is 16.4. The number of hydrogen-bond acceptors (Lipinski definition) is 3. The molecule has 1 aromatic rings. The van der Waals surface area contributed by atoms with Crippen LogP contribution in [-0.4, -0.2) is 62.3 Å². The molecule has 5 nitrogen and oxygen atoms in total. The Balaban J connectivity index is 0.00000364. The van der Waals surface area contributed by atoms with Gasteiger partial charge in [0.05, 0.1) is 19.8 Å². The normalized spacial score (nSPS) is 16.0. The number of morpholine rings is 1. The van der Waals surface area contributed by atoms with E-state index < -0.39 is 11.6 Å². The third-order valence-electron chi connectivity index (χ3n) is 4.46. The molecule has 1 fully saturated rings. The highest BCUT2D eigenvalue weighted by Gasteiger charge is 2.28. The van der Waals surface area contributed by atoms with E-state index in [9.17, 15) is 8.78 Å². The molecule has 154 valence electrons. The van der Waals surface area contributed by atoms with Gasteiger partial charge in [0.2, 0.25) is 0 Å². The van der Waals surface area contributed by atoms with E-state index in [2.05, 4.69) is 29.4 Å². The highest BCUT2D eigenvalue weighted by molar-refractivity contribution is 14.0. The first-order valence-corrected chi connectivity index (χ1v) is 9.20. The highest BCUT2D eigenvalue weighted by atomic mass is 127. The fourth-order valence-corrected chi connectivity index (χ4v) is 2.96. The monoisotopic (exact) mass is 496 g/mol. The van der Waals surface area contributed by atoms with Crippen molar-refractivity contribution in [1.82, 2.24) is 15.5 Å². The van der Waals surface area contributed by atoms with Crippen molar-refractivity contribution in [3.8, 4) is 0 Å². The SMILES string of the molecule is CCNC(=NCC(C)(C)N1CCOCC1)NCCc1cc(F)cc(F)c1.I. The molecule has 0 atom stereocenters. The van der Waals surface area contributed by atoms with Gasteiger partial charge in [-0.25, -0.2) is 8.78 Å². The Labute approximate surface area is 178 Å². The third-order valence-corrected chi connectivity index (χ3v) is 4.46. The Morgan fingerprint density at radius 1 is 1.15 bits per heavy atom. The zero-order valence-corrected chi connectivity index (χ0v) is 18.7. The van der Waals surface area contributed by atoms with Crippen LogP contribution in [0.4, 0.5) is 8.78 Å². The minimum absolute atomic E-state index is 0. The van der Waals surface area contributed by atoms with Gasteiger partial charge < -0.3 is 15.4 Å². The van der Waals surface area contributed by atoms with Crippen molar-refractivity contribution in [3.05, 3.63) is 35.4 Å². The van der Waals surface area contributed by atoms with Crippen LogP contribution in [0, 0.1) is 11.6 Å². The molecule has 0 unspecified atom stereocenters. The summed E-state index contributed by atoms with van der Waals surface area (Å²) in [6, 6.07) is 3.60. The second-order valence-corrected chi connectivity index (χ2v) is 7.06. The molecule has 0 bridgehead atoms. The molecule has 8 heteroatoms. The van der Waals surface area contributed by atoms with Crippen molar-refractivity contribution in [2.45, 2.75) is 32.7 Å². The number of halogens is 3. The number of ether oxygens (including phenoxy) is 1. The summed E-state index contributed by atoms with van der Waals surface area (Å²) in [7, 11) is 0. The lowest BCUT2D eigenvalue weighted by Gasteiger charge is -2.39. The Hall–Kier alpha value is -1.00. The second-order valence-electron chi connectivity index (χ2n) is 7.06. The Bertz CT molecular complexity index is 587. The smallest absolute Gasteiger partial charge is 0.191 e. The predicted octanol–water partition coefficient (Wildman–Crippen LogP) is 2.79. The third kappa shape index (κ3) is 8.27. The first-order valence-electron chi connectivity index (χ1n) is 9.20. The van der Waals surface area contributed by atoms with E-state index in [-0.39, 0.29) is 29.5 Å². The van der Waals surface area contributed by atoms with Gasteiger partial charge in [0.1, 0.15) is 11.6 Å². The fourth-order valence-electron chi connectivity index (χ4n) is 2.96. The van der Waals surface area contributed by atoms with Crippen molar-refractivity contribution < 1.29 is 13.5 Å². The van der Waals surface area contributed by atoms with Crippen LogP contribution in [0.5, 0.6) is 0 Å². The number of hydrogen-bond donors (Lipinski definition) is 2. The summed E-state index contributed by atoms with van der Waals surface area (Å²) in [5, 5.41) is 6.45. The molecule has 0 aliphatic carbocycles. The molecular formula is C19H31F2IN4O. The van der Waals surface area contributed by atoms with Crippen LogP contribution in [-0.2, 0) is 11.2 Å². The molecular weight excluding hydrogens is 465 g/mol. The van der Waals surface area contributed by atoms with E-state index in [1.54, 1.807) is 0 Å². The molecule has 2 rings (SSSR count). The van der Waals surface area contributed by atoms with Gasteiger partial charge in [-0.2, -0.15) is 0 Å². The quantitative estimate of drug-likeness (QED) is 0.347. The largest absolute Gasteiger partial charge is 0.379 e. The average molecular weight is 496 g/mol. The molecule has 1 heterocycles. The first kappa shape index (κ1) is 24.0. The molecule has 0 amide bonds. The van der Waals surface area contributed by atoms with E-state index in [0.29, 0.717) is 31.0 Å². The maximum atomic E-state index is 13.3. The summed E-state index contributed by atoms with van der Waals surface area (Å²) in [5.74, 6) is -0.383. The highest BCUT2D eigenvalue weighted by Crippen LogP contribution is 2.16. The van der Waals surface area contributed by atoms with Crippen molar-refractivity contribution in [3.63, 3.8) is 0 Å². The molecule has 1 saturated heterocycles. The van der Waals surface area contributed by atoms with Gasteiger partial charge in [-0.05, 0) is 44.9 Å². The van der Waals surface area contributed by atoms with Crippen LogP contribution in [0.25, 0.3) is 0 Å². The minimum Gasteiger partial charge on any atom is -0.379 e. The summed E-state index contributed by atoms with van der Waals surface area (Å²) in [5.41, 5.74) is 0.567. The van der Waals surface area contributed by atoms with Gasteiger partial charge in [-0.15, -0.1) is 24.0 Å². The molecule has 0 spiro atoms. The van der Waals surface area contributed by atoms with E-state index in [1.807, 2.05) is 6.92 Å². The number of guanidine groups is 1. The average Bonchev–Trinajstić information content (AvgIpc) is 2.60. The lowest BCUT2D eigenvalue weighted by molar-refractivity contribution is -0.00683. The molecule has 1 aromatic carbocycles. The Kier molecular flexibility index (Phi) is 10.5. The van der Waals surface area contributed by atoms with Crippen LogP contribution >= 0.6 is 24.0 Å². The summed E-state index contributed by atoms with van der Waals surface area (Å²) < 4.78 is 31.9. The van der Waals surface area contributed by atoms with Crippen molar-refractivity contribution in [1.29, 1.82) is 0 Å². The second kappa shape index (κ2) is 11.8. The van der Waals surface area contributed by atoms with E-state index >= 15 is 0 Å². The number of nitrogens with one attached hydrogen (secondary N) is 2. The van der Waals surface area contributed by atoms with E-state index in [0.717, 1.165) is 38.9 Å². The van der Waals surface area contributed by atoms with Gasteiger partial charge in [0, 0.05) is 37.8 Å². The topological polar surface area (TPSA) is 48.9 Å². The fraction of sp³-hybridized carbons (Fsp3) is 0.632. The molecule has 0 aromatic heterocycles. The summed E-state index contributed by atoms with van der Waals surface area (Å²) in [6.45, 7) is 11.7. The molecule has 1 aliphatic heterocycles. The Morgan fingerprint density at radius 3 is 2.37 bits per heavy atom. The summed E-state index contributed by atoms with van der Waals surface area (Å²) in [4.78, 5) is 7.08. The molecule has 0 radical (unpaired) electrons. The van der Waals surface area contributed by atoms with Crippen LogP contribution in [0.2, 0.25) is 0 Å². The number of rotatable bonds is 7. The first-order chi connectivity index (χ1) is 12.4. The minimum atomic E-state index is -0.548. The zero-order chi connectivity index (χ0) is 19.0. The van der Waals surface area contributed by atoms with Crippen molar-refractivity contribution in [2.24, 2.45) is 4.99 Å². The maximum absolute atomic E-state index is 13.3. The van der Waals surface area contributed by atoms with E-state index in [1.165, 1.54) is 12.1 Å². The van der Waals surface area contributed by atoms with Crippen molar-refractivity contribution >= 4 is 29.9 Å².